The Morgan fingerprint density at radius 3 is 2.67 bits per heavy atom. The molecule has 0 aliphatic heterocycles. The Morgan fingerprint density at radius 1 is 1.75 bits per heavy atom. The van der Waals surface area contributed by atoms with Gasteiger partial charge in [-0.3, -0.25) is 8.93 Å². The molecule has 1 rings (SSSR count). The molecular weight excluding hydrogens is 182 g/mol. The number of ether oxygens (including phenoxy) is 1. The Morgan fingerprint density at radius 2 is 2.33 bits per heavy atom. The van der Waals surface area contributed by atoms with E-state index in [9.17, 15) is 13.6 Å². The van der Waals surface area contributed by atoms with Gasteiger partial charge in [0.2, 0.25) is 0 Å². The predicted molar refractivity (Wildman–Crippen MR) is 40.8 cm³/mol. The molecule has 0 spiro atoms. The molecular formula is C6H10NO4S-. The van der Waals surface area contributed by atoms with Crippen LogP contribution in [-0.2, 0) is 16.0 Å². The van der Waals surface area contributed by atoms with Crippen LogP contribution in [0.3, 0.4) is 0 Å². The van der Waals surface area contributed by atoms with E-state index in [0.717, 1.165) is 19.3 Å². The molecule has 12 heavy (non-hydrogen) atoms. The van der Waals surface area contributed by atoms with Crippen LogP contribution in [-0.4, -0.2) is 20.5 Å². The van der Waals surface area contributed by atoms with Crippen LogP contribution in [0.4, 0.5) is 4.79 Å². The first kappa shape index (κ1) is 9.47. The van der Waals surface area contributed by atoms with Gasteiger partial charge in [0.05, 0.1) is 0 Å². The molecule has 0 radical (unpaired) electrons. The third-order valence-corrected chi connectivity index (χ3v) is 2.26. The summed E-state index contributed by atoms with van der Waals surface area (Å²) >= 11 is -2.58. The van der Waals surface area contributed by atoms with E-state index in [1.807, 2.05) is 6.92 Å². The molecule has 1 N–H and O–H groups in total. The minimum absolute atomic E-state index is 0.385. The second kappa shape index (κ2) is 3.40. The SMILES string of the molecule is CCC1(OC(=O)NS(=O)[O-])CC1. The summed E-state index contributed by atoms with van der Waals surface area (Å²) in [4.78, 5) is 10.7. The first-order valence-electron chi connectivity index (χ1n) is 3.67. The molecule has 0 aromatic heterocycles. The van der Waals surface area contributed by atoms with Crippen molar-refractivity contribution in [3.8, 4) is 0 Å². The highest BCUT2D eigenvalue weighted by Gasteiger charge is 2.45. The highest BCUT2D eigenvalue weighted by molar-refractivity contribution is 7.77. The van der Waals surface area contributed by atoms with Gasteiger partial charge in [0, 0.05) is 11.3 Å². The number of hydrogen-bond acceptors (Lipinski definition) is 4. The molecule has 1 saturated carbocycles. The molecule has 1 unspecified atom stereocenters. The fourth-order valence-corrected chi connectivity index (χ4v) is 1.13. The highest BCUT2D eigenvalue weighted by Crippen LogP contribution is 2.42. The molecule has 1 amide bonds. The molecule has 70 valence electrons. The second-order valence-corrected chi connectivity index (χ2v) is 3.44. The standard InChI is InChI=1S/C6H11NO4S/c1-2-6(3-4-6)11-5(8)7-12(9)10/h2-4H2,1H3,(H,7,8)(H,9,10)/p-1. The van der Waals surface area contributed by atoms with Gasteiger partial charge >= 0.3 is 6.09 Å². The molecule has 0 heterocycles. The van der Waals surface area contributed by atoms with Crippen molar-refractivity contribution in [2.75, 3.05) is 0 Å². The number of hydrogen-bond donors (Lipinski definition) is 1. The maximum atomic E-state index is 10.7. The van der Waals surface area contributed by atoms with Crippen molar-refractivity contribution in [3.05, 3.63) is 0 Å². The lowest BCUT2D eigenvalue weighted by molar-refractivity contribution is 0.0850. The summed E-state index contributed by atoms with van der Waals surface area (Å²) in [5, 5.41) is 0. The van der Waals surface area contributed by atoms with Gasteiger partial charge < -0.3 is 9.29 Å². The Hall–Kier alpha value is -0.620. The number of carbonyl (C=O) groups is 1. The van der Waals surface area contributed by atoms with Gasteiger partial charge in [-0.25, -0.2) is 4.79 Å². The number of carbonyl (C=O) groups excluding carboxylic acids is 1. The van der Waals surface area contributed by atoms with Crippen molar-refractivity contribution in [1.82, 2.24) is 4.72 Å². The number of amides is 1. The molecule has 5 nitrogen and oxygen atoms in total. The molecule has 0 aromatic carbocycles. The summed E-state index contributed by atoms with van der Waals surface area (Å²) in [5.74, 6) is 0. The van der Waals surface area contributed by atoms with E-state index in [2.05, 4.69) is 0 Å². The van der Waals surface area contributed by atoms with E-state index in [1.54, 1.807) is 4.72 Å². The second-order valence-electron chi connectivity index (χ2n) is 2.76. The van der Waals surface area contributed by atoms with Gasteiger partial charge in [0.1, 0.15) is 5.60 Å². The maximum Gasteiger partial charge on any atom is 0.418 e. The van der Waals surface area contributed by atoms with E-state index in [-0.39, 0.29) is 5.60 Å². The topological polar surface area (TPSA) is 78.5 Å². The largest absolute Gasteiger partial charge is 0.755 e. The Labute approximate surface area is 72.9 Å². The van der Waals surface area contributed by atoms with Crippen LogP contribution in [0.25, 0.3) is 0 Å². The highest BCUT2D eigenvalue weighted by atomic mass is 32.2. The van der Waals surface area contributed by atoms with Gasteiger partial charge in [0.25, 0.3) is 0 Å². The molecule has 0 aromatic rings. The fourth-order valence-electron chi connectivity index (χ4n) is 0.953. The third-order valence-electron chi connectivity index (χ3n) is 1.93. The van der Waals surface area contributed by atoms with Gasteiger partial charge in [-0.05, 0) is 19.3 Å². The summed E-state index contributed by atoms with van der Waals surface area (Å²) in [6, 6.07) is 0. The molecule has 1 atom stereocenters. The smallest absolute Gasteiger partial charge is 0.418 e. The van der Waals surface area contributed by atoms with Crippen molar-refractivity contribution in [3.63, 3.8) is 0 Å². The Bertz CT molecular complexity index is 214. The number of nitrogens with one attached hydrogen (secondary N) is 1. The fraction of sp³-hybridized carbons (Fsp3) is 0.833. The zero-order chi connectivity index (χ0) is 9.19. The van der Waals surface area contributed by atoms with E-state index >= 15 is 0 Å². The quantitative estimate of drug-likeness (QED) is 0.658. The first-order chi connectivity index (χ1) is 5.58. The van der Waals surface area contributed by atoms with Crippen LogP contribution in [0.15, 0.2) is 0 Å². The summed E-state index contributed by atoms with van der Waals surface area (Å²) < 4.78 is 26.5. The van der Waals surface area contributed by atoms with Gasteiger partial charge in [-0.15, -0.1) is 0 Å². The average Bonchev–Trinajstić information content (AvgIpc) is 2.67. The van der Waals surface area contributed by atoms with Gasteiger partial charge in [-0.1, -0.05) is 6.92 Å². The van der Waals surface area contributed by atoms with Crippen molar-refractivity contribution in [2.24, 2.45) is 0 Å². The van der Waals surface area contributed by atoms with Crippen molar-refractivity contribution < 1.29 is 18.3 Å². The van der Waals surface area contributed by atoms with Crippen LogP contribution in [0.1, 0.15) is 26.2 Å². The van der Waals surface area contributed by atoms with Crippen LogP contribution in [0.2, 0.25) is 0 Å². The van der Waals surface area contributed by atoms with E-state index in [0.29, 0.717) is 0 Å². The zero-order valence-electron chi connectivity index (χ0n) is 6.66. The van der Waals surface area contributed by atoms with Gasteiger partial charge in [-0.2, -0.15) is 0 Å². The predicted octanol–water partition coefficient (Wildman–Crippen LogP) is 0.449. The van der Waals surface area contributed by atoms with E-state index in [1.165, 1.54) is 0 Å². The summed E-state index contributed by atoms with van der Waals surface area (Å²) in [6.45, 7) is 1.90. The van der Waals surface area contributed by atoms with Crippen LogP contribution in [0.5, 0.6) is 0 Å². The first-order valence-corrected chi connectivity index (χ1v) is 4.74. The minimum Gasteiger partial charge on any atom is -0.755 e. The molecule has 1 aliphatic rings. The molecule has 1 fully saturated rings. The Balaban J connectivity index is 2.31. The monoisotopic (exact) mass is 192 g/mol. The molecule has 0 bridgehead atoms. The van der Waals surface area contributed by atoms with Crippen LogP contribution < -0.4 is 4.72 Å². The summed E-state index contributed by atoms with van der Waals surface area (Å²) in [7, 11) is 0. The lowest BCUT2D eigenvalue weighted by Crippen LogP contribution is -2.30. The minimum atomic E-state index is -2.58. The van der Waals surface area contributed by atoms with Crippen LogP contribution >= 0.6 is 0 Å². The lowest BCUT2D eigenvalue weighted by Gasteiger charge is -2.15. The van der Waals surface area contributed by atoms with Crippen molar-refractivity contribution in [1.29, 1.82) is 0 Å². The van der Waals surface area contributed by atoms with E-state index in [4.69, 9.17) is 4.74 Å². The van der Waals surface area contributed by atoms with Crippen LogP contribution in [0, 0.1) is 0 Å². The van der Waals surface area contributed by atoms with Crippen molar-refractivity contribution >= 4 is 17.4 Å². The zero-order valence-corrected chi connectivity index (χ0v) is 7.48. The average molecular weight is 192 g/mol. The maximum absolute atomic E-state index is 10.7. The summed E-state index contributed by atoms with van der Waals surface area (Å²) in [5.41, 5.74) is -0.385. The van der Waals surface area contributed by atoms with E-state index < -0.39 is 17.4 Å². The van der Waals surface area contributed by atoms with Crippen molar-refractivity contribution in [2.45, 2.75) is 31.8 Å². The molecule has 6 heteroatoms. The summed E-state index contributed by atoms with van der Waals surface area (Å²) in [6.07, 6.45) is 1.49. The third kappa shape index (κ3) is 2.46. The normalized spacial score (nSPS) is 21.2. The Kier molecular flexibility index (Phi) is 2.69. The molecule has 0 saturated heterocycles. The molecule has 1 aliphatic carbocycles. The number of rotatable bonds is 3. The lowest BCUT2D eigenvalue weighted by atomic mass is 10.3. The van der Waals surface area contributed by atoms with Gasteiger partial charge in [0.15, 0.2) is 0 Å².